The summed E-state index contributed by atoms with van der Waals surface area (Å²) in [6, 6.07) is 17.6. The average molecular weight is 519 g/mol. The molecule has 3 aromatic carbocycles. The van der Waals surface area contributed by atoms with E-state index in [0.29, 0.717) is 44.7 Å². The highest BCUT2D eigenvalue weighted by molar-refractivity contribution is 6.32. The second kappa shape index (κ2) is 11.0. The van der Waals surface area contributed by atoms with Gasteiger partial charge < -0.3 is 29.4 Å². The number of benzene rings is 3. The highest BCUT2D eigenvalue weighted by atomic mass is 35.5. The molecule has 0 spiro atoms. The molecular formula is C28H23ClN2O6. The molecule has 188 valence electrons. The Morgan fingerprint density at radius 3 is 2.38 bits per heavy atom. The third-order valence-electron chi connectivity index (χ3n) is 5.73. The van der Waals surface area contributed by atoms with Crippen LogP contribution in [-0.2, 0) is 4.79 Å². The summed E-state index contributed by atoms with van der Waals surface area (Å²) >= 11 is 6.12. The molecule has 0 aliphatic carbocycles. The predicted octanol–water partition coefficient (Wildman–Crippen LogP) is 5.20. The average Bonchev–Trinajstić information content (AvgIpc) is 2.90. The Bertz CT molecular complexity index is 1430. The summed E-state index contributed by atoms with van der Waals surface area (Å²) in [6.45, 7) is 0. The summed E-state index contributed by atoms with van der Waals surface area (Å²) in [5.74, 6) is 0.609. The molecule has 0 saturated carbocycles. The van der Waals surface area contributed by atoms with Crippen LogP contribution >= 0.6 is 11.6 Å². The number of esters is 1. The van der Waals surface area contributed by atoms with E-state index in [4.69, 9.17) is 41.0 Å². The maximum atomic E-state index is 12.4. The zero-order valence-electron chi connectivity index (χ0n) is 20.3. The lowest BCUT2D eigenvalue weighted by atomic mass is 9.83. The van der Waals surface area contributed by atoms with Gasteiger partial charge in [0.05, 0.1) is 27.2 Å². The maximum Gasteiger partial charge on any atom is 0.336 e. The molecule has 1 unspecified atom stereocenters. The van der Waals surface area contributed by atoms with Gasteiger partial charge in [-0.15, -0.1) is 0 Å². The monoisotopic (exact) mass is 518 g/mol. The zero-order valence-corrected chi connectivity index (χ0v) is 21.0. The van der Waals surface area contributed by atoms with Gasteiger partial charge in [0.25, 0.3) is 0 Å². The number of nitrogens with two attached hydrogens (primary N) is 1. The summed E-state index contributed by atoms with van der Waals surface area (Å²) in [5.41, 5.74) is 8.34. The van der Waals surface area contributed by atoms with Crippen LogP contribution in [0.2, 0.25) is 5.02 Å². The molecule has 1 aliphatic rings. The normalized spacial score (nSPS) is 14.4. The molecule has 0 aromatic heterocycles. The van der Waals surface area contributed by atoms with Crippen molar-refractivity contribution in [3.8, 4) is 34.8 Å². The van der Waals surface area contributed by atoms with E-state index in [0.717, 1.165) is 0 Å². The molecule has 3 aromatic rings. The zero-order chi connectivity index (χ0) is 26.5. The largest absolute Gasteiger partial charge is 0.493 e. The number of allylic oxidation sites excluding steroid dienone is 1. The van der Waals surface area contributed by atoms with Crippen molar-refractivity contribution in [1.82, 2.24) is 0 Å². The first kappa shape index (κ1) is 25.5. The summed E-state index contributed by atoms with van der Waals surface area (Å²) in [7, 11) is 4.53. The van der Waals surface area contributed by atoms with Crippen molar-refractivity contribution in [2.24, 2.45) is 5.73 Å². The number of ether oxygens (including phenoxy) is 5. The van der Waals surface area contributed by atoms with Gasteiger partial charge in [0.2, 0.25) is 11.6 Å². The number of nitrogens with zero attached hydrogens (tertiary/aromatic N) is 1. The standard InChI is InChI=1S/C28H23ClN2O6/c1-33-23-12-17(13-24(34-2)27(23)35-3)26-19-10-9-18(14-22(19)37-28(31)20(26)15-30)36-25(32)11-8-16-6-4-5-7-21(16)29/h4-14,26H,31H2,1-3H3/b11-8+. The maximum absolute atomic E-state index is 12.4. The first-order valence-corrected chi connectivity index (χ1v) is 11.4. The van der Waals surface area contributed by atoms with E-state index in [2.05, 4.69) is 6.07 Å². The Balaban J connectivity index is 1.68. The van der Waals surface area contributed by atoms with Crippen LogP contribution in [0.1, 0.15) is 22.6 Å². The third kappa shape index (κ3) is 5.17. The number of rotatable bonds is 7. The van der Waals surface area contributed by atoms with Crippen LogP contribution in [0.25, 0.3) is 6.08 Å². The molecule has 1 heterocycles. The van der Waals surface area contributed by atoms with Crippen LogP contribution < -0.4 is 29.4 Å². The Labute approximate surface area is 219 Å². The molecule has 2 N–H and O–H groups in total. The highest BCUT2D eigenvalue weighted by Crippen LogP contribution is 2.47. The summed E-state index contributed by atoms with van der Waals surface area (Å²) < 4.78 is 27.6. The quantitative estimate of drug-likeness (QED) is 0.258. The first-order chi connectivity index (χ1) is 17.9. The van der Waals surface area contributed by atoms with Crippen molar-refractivity contribution in [1.29, 1.82) is 5.26 Å². The van der Waals surface area contributed by atoms with E-state index >= 15 is 0 Å². The smallest absolute Gasteiger partial charge is 0.336 e. The topological polar surface area (TPSA) is 113 Å². The van der Waals surface area contributed by atoms with Gasteiger partial charge in [0.15, 0.2) is 11.5 Å². The fraction of sp³-hybridized carbons (Fsp3) is 0.143. The van der Waals surface area contributed by atoms with E-state index in [-0.39, 0.29) is 17.2 Å². The molecule has 4 rings (SSSR count). The lowest BCUT2D eigenvalue weighted by Gasteiger charge is -2.27. The number of hydrogen-bond acceptors (Lipinski definition) is 8. The van der Waals surface area contributed by atoms with Gasteiger partial charge in [0.1, 0.15) is 23.1 Å². The molecule has 1 aliphatic heterocycles. The summed E-state index contributed by atoms with van der Waals surface area (Å²) in [6.07, 6.45) is 2.85. The molecule has 0 fully saturated rings. The van der Waals surface area contributed by atoms with Gasteiger partial charge in [-0.2, -0.15) is 5.26 Å². The fourth-order valence-electron chi connectivity index (χ4n) is 4.03. The summed E-state index contributed by atoms with van der Waals surface area (Å²) in [4.78, 5) is 12.4. The van der Waals surface area contributed by atoms with Gasteiger partial charge in [0, 0.05) is 22.7 Å². The van der Waals surface area contributed by atoms with E-state index in [1.807, 2.05) is 6.07 Å². The van der Waals surface area contributed by atoms with E-state index in [9.17, 15) is 10.1 Å². The Morgan fingerprint density at radius 2 is 1.76 bits per heavy atom. The van der Waals surface area contributed by atoms with E-state index < -0.39 is 11.9 Å². The van der Waals surface area contributed by atoms with E-state index in [1.165, 1.54) is 27.4 Å². The van der Waals surface area contributed by atoms with Gasteiger partial charge in [-0.05, 0) is 41.5 Å². The lowest BCUT2D eigenvalue weighted by Crippen LogP contribution is -2.21. The van der Waals surface area contributed by atoms with Crippen LogP contribution in [0, 0.1) is 11.3 Å². The summed E-state index contributed by atoms with van der Waals surface area (Å²) in [5, 5.41) is 10.4. The highest BCUT2D eigenvalue weighted by Gasteiger charge is 2.32. The first-order valence-electron chi connectivity index (χ1n) is 11.1. The van der Waals surface area contributed by atoms with Crippen molar-refractivity contribution < 1.29 is 28.5 Å². The molecular weight excluding hydrogens is 496 g/mol. The Kier molecular flexibility index (Phi) is 7.56. The lowest BCUT2D eigenvalue weighted by molar-refractivity contribution is -0.128. The number of methoxy groups -OCH3 is 3. The molecule has 1 atom stereocenters. The van der Waals surface area contributed by atoms with Gasteiger partial charge in [-0.25, -0.2) is 4.79 Å². The number of carbonyl (C=O) groups excluding carboxylic acids is 1. The molecule has 8 nitrogen and oxygen atoms in total. The van der Waals surface area contributed by atoms with Crippen LogP contribution in [0.5, 0.6) is 28.7 Å². The number of halogens is 1. The predicted molar refractivity (Wildman–Crippen MR) is 138 cm³/mol. The minimum Gasteiger partial charge on any atom is -0.493 e. The number of carbonyl (C=O) groups is 1. The van der Waals surface area contributed by atoms with Crippen LogP contribution in [-0.4, -0.2) is 27.3 Å². The molecule has 0 bridgehead atoms. The second-order valence-electron chi connectivity index (χ2n) is 7.86. The van der Waals surface area contributed by atoms with Crippen molar-refractivity contribution in [2.45, 2.75) is 5.92 Å². The minimum absolute atomic E-state index is 0.0594. The number of hydrogen-bond donors (Lipinski definition) is 1. The molecule has 0 radical (unpaired) electrons. The van der Waals surface area contributed by atoms with E-state index in [1.54, 1.807) is 54.6 Å². The van der Waals surface area contributed by atoms with Crippen molar-refractivity contribution in [2.75, 3.05) is 21.3 Å². The van der Waals surface area contributed by atoms with Crippen molar-refractivity contribution in [3.05, 3.63) is 93.8 Å². The van der Waals surface area contributed by atoms with Crippen LogP contribution in [0.3, 0.4) is 0 Å². The van der Waals surface area contributed by atoms with Crippen LogP contribution in [0.4, 0.5) is 0 Å². The third-order valence-corrected chi connectivity index (χ3v) is 6.08. The van der Waals surface area contributed by atoms with Gasteiger partial charge in [-0.3, -0.25) is 0 Å². The molecule has 0 saturated heterocycles. The number of nitriles is 1. The molecule has 37 heavy (non-hydrogen) atoms. The Morgan fingerprint density at radius 1 is 1.05 bits per heavy atom. The van der Waals surface area contributed by atoms with Crippen LogP contribution in [0.15, 0.2) is 72.1 Å². The minimum atomic E-state index is -0.599. The molecule has 0 amide bonds. The second-order valence-corrected chi connectivity index (χ2v) is 8.27. The SMILES string of the molecule is COc1cc(C2C(C#N)=C(N)Oc3cc(OC(=O)/C=C/c4ccccc4Cl)ccc32)cc(OC)c1OC. The Hall–Kier alpha value is -4.61. The van der Waals surface area contributed by atoms with Gasteiger partial charge >= 0.3 is 5.97 Å². The molecule has 9 heteroatoms. The number of fused-ring (bicyclic) bond motifs is 1. The van der Waals surface area contributed by atoms with Crippen molar-refractivity contribution >= 4 is 23.6 Å². The van der Waals surface area contributed by atoms with Gasteiger partial charge in [-0.1, -0.05) is 35.9 Å². The van der Waals surface area contributed by atoms with Crippen molar-refractivity contribution in [3.63, 3.8) is 0 Å². The fourth-order valence-corrected chi connectivity index (χ4v) is 4.23.